The average molecular weight is 168 g/mol. The highest BCUT2D eigenvalue weighted by atomic mass is 32.1. The smallest absolute Gasteiger partial charge is 0.109 e. The van der Waals surface area contributed by atoms with Crippen molar-refractivity contribution in [2.75, 3.05) is 0 Å². The fourth-order valence-corrected chi connectivity index (χ4v) is 1.78. The minimum atomic E-state index is 0.447. The Hall–Kier alpha value is -0.410. The molecule has 0 aromatic carbocycles. The summed E-state index contributed by atoms with van der Waals surface area (Å²) in [7, 11) is 0. The van der Waals surface area contributed by atoms with Crippen LogP contribution >= 0.6 is 11.3 Å². The lowest BCUT2D eigenvalue weighted by molar-refractivity contribution is 0.568. The molecule has 0 saturated heterocycles. The molecule has 1 saturated carbocycles. The van der Waals surface area contributed by atoms with Crippen molar-refractivity contribution in [3.63, 3.8) is 0 Å². The summed E-state index contributed by atoms with van der Waals surface area (Å²) in [6.45, 7) is 2.18. The Balaban J connectivity index is 1.93. The molecule has 1 aliphatic carbocycles. The third-order valence-corrected chi connectivity index (χ3v) is 2.84. The van der Waals surface area contributed by atoms with Gasteiger partial charge in [0.25, 0.3) is 0 Å². The van der Waals surface area contributed by atoms with E-state index in [2.05, 4.69) is 17.2 Å². The monoisotopic (exact) mass is 168 g/mol. The molecule has 0 amide bonds. The first kappa shape index (κ1) is 7.25. The molecule has 1 fully saturated rings. The van der Waals surface area contributed by atoms with Crippen molar-refractivity contribution in [2.24, 2.45) is 0 Å². The standard InChI is InChI=1S/C8H12N2S/c1-6(10-7-2-3-7)8-9-4-5-11-8/h4-7,10H,2-3H2,1H3/t6-/m0/s1. The van der Waals surface area contributed by atoms with Gasteiger partial charge in [0.2, 0.25) is 0 Å². The second-order valence-corrected chi connectivity index (χ2v) is 3.96. The number of thiazole rings is 1. The van der Waals surface area contributed by atoms with Crippen LogP contribution < -0.4 is 5.32 Å². The fourth-order valence-electron chi connectivity index (χ4n) is 1.12. The second-order valence-electron chi connectivity index (χ2n) is 3.03. The Morgan fingerprint density at radius 3 is 3.09 bits per heavy atom. The number of nitrogens with one attached hydrogen (secondary N) is 1. The summed E-state index contributed by atoms with van der Waals surface area (Å²) in [4.78, 5) is 4.25. The molecular weight excluding hydrogens is 156 g/mol. The quantitative estimate of drug-likeness (QED) is 0.746. The van der Waals surface area contributed by atoms with Crippen LogP contribution in [0.2, 0.25) is 0 Å². The van der Waals surface area contributed by atoms with E-state index >= 15 is 0 Å². The molecular formula is C8H12N2S. The van der Waals surface area contributed by atoms with E-state index in [9.17, 15) is 0 Å². The summed E-state index contributed by atoms with van der Waals surface area (Å²) in [5.41, 5.74) is 0. The molecule has 0 aliphatic heterocycles. The van der Waals surface area contributed by atoms with Gasteiger partial charge in [0, 0.05) is 17.6 Å². The highest BCUT2D eigenvalue weighted by Gasteiger charge is 2.23. The van der Waals surface area contributed by atoms with Gasteiger partial charge in [0.1, 0.15) is 5.01 Å². The highest BCUT2D eigenvalue weighted by Crippen LogP contribution is 2.24. The van der Waals surface area contributed by atoms with Crippen molar-refractivity contribution in [3.8, 4) is 0 Å². The van der Waals surface area contributed by atoms with Crippen LogP contribution in [0, 0.1) is 0 Å². The summed E-state index contributed by atoms with van der Waals surface area (Å²) >= 11 is 1.73. The second kappa shape index (κ2) is 2.91. The summed E-state index contributed by atoms with van der Waals surface area (Å²) in [5.74, 6) is 0. The molecule has 2 nitrogen and oxygen atoms in total. The van der Waals surface area contributed by atoms with Gasteiger partial charge in [-0.2, -0.15) is 0 Å². The van der Waals surface area contributed by atoms with Gasteiger partial charge in [-0.05, 0) is 19.8 Å². The van der Waals surface area contributed by atoms with E-state index in [1.807, 2.05) is 11.6 Å². The molecule has 2 rings (SSSR count). The van der Waals surface area contributed by atoms with Crippen molar-refractivity contribution in [1.29, 1.82) is 0 Å². The molecule has 0 radical (unpaired) electrons. The maximum Gasteiger partial charge on any atom is 0.109 e. The van der Waals surface area contributed by atoms with Gasteiger partial charge < -0.3 is 5.32 Å². The van der Waals surface area contributed by atoms with Gasteiger partial charge >= 0.3 is 0 Å². The first-order valence-corrected chi connectivity index (χ1v) is 4.89. The van der Waals surface area contributed by atoms with Gasteiger partial charge in [-0.15, -0.1) is 11.3 Å². The predicted octanol–water partition coefficient (Wildman–Crippen LogP) is 1.96. The number of hydrogen-bond acceptors (Lipinski definition) is 3. The molecule has 0 unspecified atom stereocenters. The largest absolute Gasteiger partial charge is 0.305 e. The lowest BCUT2D eigenvalue weighted by atomic mass is 10.3. The summed E-state index contributed by atoms with van der Waals surface area (Å²) < 4.78 is 0. The zero-order valence-electron chi connectivity index (χ0n) is 6.58. The molecule has 60 valence electrons. The van der Waals surface area contributed by atoms with E-state index < -0.39 is 0 Å². The van der Waals surface area contributed by atoms with Crippen molar-refractivity contribution in [3.05, 3.63) is 16.6 Å². The Bertz CT molecular complexity index is 216. The Morgan fingerprint density at radius 2 is 2.55 bits per heavy atom. The SMILES string of the molecule is C[C@H](NC1CC1)c1nccs1. The first-order chi connectivity index (χ1) is 5.36. The lowest BCUT2D eigenvalue weighted by Crippen LogP contribution is -2.20. The molecule has 1 aromatic rings. The third kappa shape index (κ3) is 1.79. The van der Waals surface area contributed by atoms with Gasteiger partial charge in [-0.1, -0.05) is 0 Å². The summed E-state index contributed by atoms with van der Waals surface area (Å²) in [6, 6.07) is 1.22. The van der Waals surface area contributed by atoms with Crippen LogP contribution in [0.1, 0.15) is 30.8 Å². The number of rotatable bonds is 3. The molecule has 0 bridgehead atoms. The van der Waals surface area contributed by atoms with Gasteiger partial charge in [-0.3, -0.25) is 0 Å². The number of nitrogens with zero attached hydrogens (tertiary/aromatic N) is 1. The maximum absolute atomic E-state index is 4.25. The van der Waals surface area contributed by atoms with Crippen molar-refractivity contribution in [1.82, 2.24) is 10.3 Å². The van der Waals surface area contributed by atoms with E-state index in [4.69, 9.17) is 0 Å². The molecule has 3 heteroatoms. The molecule has 0 spiro atoms. The van der Waals surface area contributed by atoms with E-state index in [0.29, 0.717) is 6.04 Å². The Morgan fingerprint density at radius 1 is 1.73 bits per heavy atom. The van der Waals surface area contributed by atoms with Crippen LogP contribution in [-0.2, 0) is 0 Å². The molecule has 1 atom stereocenters. The average Bonchev–Trinajstić information content (AvgIpc) is 2.67. The molecule has 11 heavy (non-hydrogen) atoms. The minimum Gasteiger partial charge on any atom is -0.305 e. The zero-order valence-corrected chi connectivity index (χ0v) is 7.40. The lowest BCUT2D eigenvalue weighted by Gasteiger charge is -2.08. The number of hydrogen-bond donors (Lipinski definition) is 1. The van der Waals surface area contributed by atoms with Crippen molar-refractivity contribution in [2.45, 2.75) is 31.8 Å². The molecule has 1 N–H and O–H groups in total. The first-order valence-electron chi connectivity index (χ1n) is 4.01. The maximum atomic E-state index is 4.25. The van der Waals surface area contributed by atoms with Crippen molar-refractivity contribution < 1.29 is 0 Å². The van der Waals surface area contributed by atoms with Crippen LogP contribution in [0.4, 0.5) is 0 Å². The third-order valence-electron chi connectivity index (χ3n) is 1.88. The molecule has 1 heterocycles. The number of aromatic nitrogens is 1. The normalized spacial score (nSPS) is 20.1. The van der Waals surface area contributed by atoms with E-state index in [1.54, 1.807) is 11.3 Å². The summed E-state index contributed by atoms with van der Waals surface area (Å²) in [5, 5.41) is 6.74. The van der Waals surface area contributed by atoms with Crippen LogP contribution in [0.25, 0.3) is 0 Å². The van der Waals surface area contributed by atoms with Crippen LogP contribution in [0.3, 0.4) is 0 Å². The van der Waals surface area contributed by atoms with Crippen LogP contribution in [0.5, 0.6) is 0 Å². The fraction of sp³-hybridized carbons (Fsp3) is 0.625. The van der Waals surface area contributed by atoms with Gasteiger partial charge in [0.15, 0.2) is 0 Å². The zero-order chi connectivity index (χ0) is 7.68. The topological polar surface area (TPSA) is 24.9 Å². The minimum absolute atomic E-state index is 0.447. The predicted molar refractivity (Wildman–Crippen MR) is 46.7 cm³/mol. The molecule has 1 aromatic heterocycles. The van der Waals surface area contributed by atoms with Crippen molar-refractivity contribution >= 4 is 11.3 Å². The van der Waals surface area contributed by atoms with Gasteiger partial charge in [-0.25, -0.2) is 4.98 Å². The van der Waals surface area contributed by atoms with E-state index in [-0.39, 0.29) is 0 Å². The Labute approximate surface area is 70.7 Å². The van der Waals surface area contributed by atoms with E-state index in [1.165, 1.54) is 17.8 Å². The molecule has 1 aliphatic rings. The summed E-state index contributed by atoms with van der Waals surface area (Å²) in [6.07, 6.45) is 4.55. The highest BCUT2D eigenvalue weighted by molar-refractivity contribution is 7.09. The van der Waals surface area contributed by atoms with Gasteiger partial charge in [0.05, 0.1) is 6.04 Å². The van der Waals surface area contributed by atoms with Crippen LogP contribution in [0.15, 0.2) is 11.6 Å². The Kier molecular flexibility index (Phi) is 1.92. The van der Waals surface area contributed by atoms with E-state index in [0.717, 1.165) is 6.04 Å². The van der Waals surface area contributed by atoms with Crippen LogP contribution in [-0.4, -0.2) is 11.0 Å².